The molecule has 1 heterocycles. The van der Waals surface area contributed by atoms with E-state index in [-0.39, 0.29) is 10.6 Å². The predicted octanol–water partition coefficient (Wildman–Crippen LogP) is 2.56. The first-order valence-corrected chi connectivity index (χ1v) is 5.13. The molecule has 88 valence electrons. The highest BCUT2D eigenvalue weighted by molar-refractivity contribution is 6.32. The molecule has 2 rings (SSSR count). The molecule has 1 aromatic heterocycles. The van der Waals surface area contributed by atoms with Gasteiger partial charge in [0.05, 0.1) is 23.0 Å². The summed E-state index contributed by atoms with van der Waals surface area (Å²) >= 11 is 5.91. The Kier molecular flexibility index (Phi) is 3.01. The van der Waals surface area contributed by atoms with Gasteiger partial charge in [-0.15, -0.1) is 0 Å². The molecule has 6 heteroatoms. The van der Waals surface area contributed by atoms with Crippen LogP contribution in [0, 0.1) is 0 Å². The number of halogens is 1. The van der Waals surface area contributed by atoms with Crippen LogP contribution in [-0.4, -0.2) is 20.9 Å². The molecular formula is C11H9ClN2O3. The normalized spacial score (nSPS) is 10.2. The molecule has 17 heavy (non-hydrogen) atoms. The van der Waals surface area contributed by atoms with Gasteiger partial charge in [-0.1, -0.05) is 11.6 Å². The fourth-order valence-corrected chi connectivity index (χ4v) is 1.51. The van der Waals surface area contributed by atoms with Gasteiger partial charge in [-0.2, -0.15) is 5.10 Å². The van der Waals surface area contributed by atoms with Crippen molar-refractivity contribution in [2.75, 3.05) is 0 Å². The lowest BCUT2D eigenvalue weighted by atomic mass is 10.2. The molecule has 5 nitrogen and oxygen atoms in total. The van der Waals surface area contributed by atoms with E-state index >= 15 is 0 Å². The SMILES string of the molecule is Cn1cc(Oc2ccc(C(=O)O)cc2Cl)cn1. The van der Waals surface area contributed by atoms with Gasteiger partial charge in [-0.05, 0) is 18.2 Å². The van der Waals surface area contributed by atoms with Crippen LogP contribution in [0.3, 0.4) is 0 Å². The largest absolute Gasteiger partial charge is 0.478 e. The fraction of sp³-hybridized carbons (Fsp3) is 0.0909. The van der Waals surface area contributed by atoms with Gasteiger partial charge in [0.25, 0.3) is 0 Å². The number of nitrogens with zero attached hydrogens (tertiary/aromatic N) is 2. The molecule has 1 N–H and O–H groups in total. The molecule has 0 amide bonds. The Hall–Kier alpha value is -2.01. The molecule has 0 saturated carbocycles. The highest BCUT2D eigenvalue weighted by Crippen LogP contribution is 2.29. The minimum atomic E-state index is -1.03. The number of ether oxygens (including phenoxy) is 1. The number of aromatic nitrogens is 2. The average Bonchev–Trinajstić information content (AvgIpc) is 2.67. The zero-order chi connectivity index (χ0) is 12.4. The molecule has 0 aliphatic heterocycles. The van der Waals surface area contributed by atoms with Crippen LogP contribution in [0.2, 0.25) is 5.02 Å². The number of aryl methyl sites for hydroxylation is 1. The summed E-state index contributed by atoms with van der Waals surface area (Å²) in [6, 6.07) is 4.29. The number of benzene rings is 1. The second kappa shape index (κ2) is 4.47. The first kappa shape index (κ1) is 11.5. The van der Waals surface area contributed by atoms with Gasteiger partial charge < -0.3 is 9.84 Å². The Bertz CT molecular complexity index is 566. The number of rotatable bonds is 3. The van der Waals surface area contributed by atoms with Crippen LogP contribution >= 0.6 is 11.6 Å². The van der Waals surface area contributed by atoms with E-state index in [0.29, 0.717) is 11.5 Å². The Morgan fingerprint density at radius 3 is 2.82 bits per heavy atom. The zero-order valence-corrected chi connectivity index (χ0v) is 9.68. The summed E-state index contributed by atoms with van der Waals surface area (Å²) in [7, 11) is 1.77. The smallest absolute Gasteiger partial charge is 0.335 e. The molecule has 0 spiro atoms. The van der Waals surface area contributed by atoms with Crippen LogP contribution in [0.4, 0.5) is 0 Å². The van der Waals surface area contributed by atoms with Crippen molar-refractivity contribution < 1.29 is 14.6 Å². The maximum Gasteiger partial charge on any atom is 0.335 e. The van der Waals surface area contributed by atoms with Gasteiger partial charge >= 0.3 is 5.97 Å². The second-order valence-electron chi connectivity index (χ2n) is 3.40. The van der Waals surface area contributed by atoms with E-state index in [2.05, 4.69) is 5.10 Å². The Morgan fingerprint density at radius 2 is 2.29 bits per heavy atom. The summed E-state index contributed by atoms with van der Waals surface area (Å²) < 4.78 is 7.05. The standard InChI is InChI=1S/C11H9ClN2O3/c1-14-6-8(5-13-14)17-10-3-2-7(11(15)16)4-9(10)12/h2-6H,1H3,(H,15,16). The van der Waals surface area contributed by atoms with Crippen molar-refractivity contribution >= 4 is 17.6 Å². The highest BCUT2D eigenvalue weighted by atomic mass is 35.5. The van der Waals surface area contributed by atoms with Gasteiger partial charge in [0.2, 0.25) is 0 Å². The zero-order valence-electron chi connectivity index (χ0n) is 8.92. The van der Waals surface area contributed by atoms with Gasteiger partial charge in [0, 0.05) is 7.05 Å². The van der Waals surface area contributed by atoms with Crippen molar-refractivity contribution in [3.05, 3.63) is 41.2 Å². The van der Waals surface area contributed by atoms with Crippen LogP contribution in [0.25, 0.3) is 0 Å². The molecule has 0 aliphatic carbocycles. The number of aromatic carboxylic acids is 1. The molecule has 1 aromatic carbocycles. The van der Waals surface area contributed by atoms with Crippen LogP contribution < -0.4 is 4.74 Å². The first-order valence-electron chi connectivity index (χ1n) is 4.75. The predicted molar refractivity (Wildman–Crippen MR) is 61.7 cm³/mol. The summed E-state index contributed by atoms with van der Waals surface area (Å²) in [6.45, 7) is 0. The topological polar surface area (TPSA) is 64.3 Å². The quantitative estimate of drug-likeness (QED) is 0.912. The lowest BCUT2D eigenvalue weighted by Crippen LogP contribution is -1.96. The average molecular weight is 253 g/mol. The molecule has 2 aromatic rings. The minimum absolute atomic E-state index is 0.119. The van der Waals surface area contributed by atoms with Gasteiger partial charge in [-0.3, -0.25) is 4.68 Å². The number of carbonyl (C=O) groups is 1. The minimum Gasteiger partial charge on any atom is -0.478 e. The van der Waals surface area contributed by atoms with Crippen molar-refractivity contribution in [2.24, 2.45) is 7.05 Å². The van der Waals surface area contributed by atoms with Crippen molar-refractivity contribution in [1.29, 1.82) is 0 Å². The van der Waals surface area contributed by atoms with Crippen LogP contribution in [-0.2, 0) is 7.05 Å². The summed E-state index contributed by atoms with van der Waals surface area (Å²) in [5.74, 6) is -0.0954. The number of carboxylic acids is 1. The van der Waals surface area contributed by atoms with Crippen molar-refractivity contribution in [1.82, 2.24) is 9.78 Å². The maximum atomic E-state index is 10.7. The monoisotopic (exact) mass is 252 g/mol. The maximum absolute atomic E-state index is 10.7. The lowest BCUT2D eigenvalue weighted by Gasteiger charge is -2.05. The Balaban J connectivity index is 2.25. The van der Waals surface area contributed by atoms with E-state index in [1.165, 1.54) is 18.2 Å². The molecule has 0 radical (unpaired) electrons. The third kappa shape index (κ3) is 2.57. The lowest BCUT2D eigenvalue weighted by molar-refractivity contribution is 0.0697. The third-order valence-corrected chi connectivity index (χ3v) is 2.38. The van der Waals surface area contributed by atoms with Crippen molar-refractivity contribution in [2.45, 2.75) is 0 Å². The van der Waals surface area contributed by atoms with E-state index < -0.39 is 5.97 Å². The van der Waals surface area contributed by atoms with Crippen LogP contribution in [0.1, 0.15) is 10.4 Å². The summed E-state index contributed by atoms with van der Waals surface area (Å²) in [6.07, 6.45) is 3.23. The molecule has 0 atom stereocenters. The summed E-state index contributed by atoms with van der Waals surface area (Å²) in [4.78, 5) is 10.7. The molecule has 0 aliphatic rings. The van der Waals surface area contributed by atoms with Gasteiger partial charge in [-0.25, -0.2) is 4.79 Å². The van der Waals surface area contributed by atoms with Crippen molar-refractivity contribution in [3.8, 4) is 11.5 Å². The molecule has 0 unspecified atom stereocenters. The van der Waals surface area contributed by atoms with Gasteiger partial charge in [0.15, 0.2) is 5.75 Å². The highest BCUT2D eigenvalue weighted by Gasteiger charge is 2.09. The summed E-state index contributed by atoms with van der Waals surface area (Å²) in [5.41, 5.74) is 0.119. The van der Waals surface area contributed by atoms with E-state index in [9.17, 15) is 4.79 Å². The van der Waals surface area contributed by atoms with Crippen molar-refractivity contribution in [3.63, 3.8) is 0 Å². The Morgan fingerprint density at radius 1 is 1.53 bits per heavy atom. The molecule has 0 bridgehead atoms. The van der Waals surface area contributed by atoms with E-state index in [4.69, 9.17) is 21.4 Å². The number of hydrogen-bond acceptors (Lipinski definition) is 3. The first-order chi connectivity index (χ1) is 8.06. The number of carboxylic acid groups (broad SMARTS) is 1. The second-order valence-corrected chi connectivity index (χ2v) is 3.81. The Labute approximate surface area is 102 Å². The van der Waals surface area contributed by atoms with Gasteiger partial charge in [0.1, 0.15) is 5.75 Å². The molecule has 0 saturated heterocycles. The van der Waals surface area contributed by atoms with E-state index in [0.717, 1.165) is 0 Å². The molecular weight excluding hydrogens is 244 g/mol. The fourth-order valence-electron chi connectivity index (χ4n) is 1.30. The summed E-state index contributed by atoms with van der Waals surface area (Å²) in [5, 5.41) is 13.0. The van der Waals surface area contributed by atoms with Crippen LogP contribution in [0.5, 0.6) is 11.5 Å². The van der Waals surface area contributed by atoms with E-state index in [1.807, 2.05) is 0 Å². The third-order valence-electron chi connectivity index (χ3n) is 2.09. The van der Waals surface area contributed by atoms with Crippen LogP contribution in [0.15, 0.2) is 30.6 Å². The molecule has 0 fully saturated rings. The number of hydrogen-bond donors (Lipinski definition) is 1. The van der Waals surface area contributed by atoms with E-state index in [1.54, 1.807) is 24.1 Å².